The SMILES string of the molecule is CCC(OC(=O)c1c2c(nc3ccccc13)CCN(C)C2)C(=O)Nc1nc(-c2cccc(OC)c2)cs1. The number of esters is 1. The van der Waals surface area contributed by atoms with Crippen LogP contribution in [0.3, 0.4) is 0 Å². The topological polar surface area (TPSA) is 93.7 Å². The molecule has 1 amide bonds. The number of rotatable bonds is 7. The zero-order valence-electron chi connectivity index (χ0n) is 21.0. The van der Waals surface area contributed by atoms with Gasteiger partial charge in [0.05, 0.1) is 23.9 Å². The molecule has 2 aromatic heterocycles. The summed E-state index contributed by atoms with van der Waals surface area (Å²) in [7, 11) is 3.63. The molecule has 0 radical (unpaired) electrons. The van der Waals surface area contributed by atoms with Crippen molar-refractivity contribution in [2.45, 2.75) is 32.4 Å². The maximum Gasteiger partial charge on any atom is 0.340 e. The fraction of sp³-hybridized carbons (Fsp3) is 0.286. The van der Waals surface area contributed by atoms with Gasteiger partial charge >= 0.3 is 5.97 Å². The monoisotopic (exact) mass is 516 g/mol. The average molecular weight is 517 g/mol. The molecule has 8 nitrogen and oxygen atoms in total. The lowest BCUT2D eigenvalue weighted by Crippen LogP contribution is -2.34. The Kier molecular flexibility index (Phi) is 7.16. The van der Waals surface area contributed by atoms with Gasteiger partial charge in [-0.25, -0.2) is 9.78 Å². The first-order valence-electron chi connectivity index (χ1n) is 12.2. The van der Waals surface area contributed by atoms with E-state index < -0.39 is 18.0 Å². The van der Waals surface area contributed by atoms with Crippen LogP contribution in [-0.2, 0) is 22.5 Å². The average Bonchev–Trinajstić information content (AvgIpc) is 3.38. The Morgan fingerprint density at radius 1 is 1.16 bits per heavy atom. The predicted octanol–water partition coefficient (Wildman–Crippen LogP) is 4.93. The van der Waals surface area contributed by atoms with Crippen LogP contribution in [0.2, 0.25) is 0 Å². The number of hydrogen-bond donors (Lipinski definition) is 1. The highest BCUT2D eigenvalue weighted by atomic mass is 32.1. The Morgan fingerprint density at radius 2 is 2.00 bits per heavy atom. The summed E-state index contributed by atoms with van der Waals surface area (Å²) in [6.45, 7) is 3.29. The van der Waals surface area contributed by atoms with Gasteiger partial charge in [0.1, 0.15) is 5.75 Å². The normalized spacial score (nSPS) is 14.1. The van der Waals surface area contributed by atoms with Crippen LogP contribution >= 0.6 is 11.3 Å². The molecule has 1 aliphatic rings. The van der Waals surface area contributed by atoms with Crippen LogP contribution in [0.15, 0.2) is 53.9 Å². The minimum absolute atomic E-state index is 0.330. The molecule has 0 bridgehead atoms. The quantitative estimate of drug-likeness (QED) is 0.348. The fourth-order valence-corrected chi connectivity index (χ4v) is 5.22. The minimum Gasteiger partial charge on any atom is -0.497 e. The van der Waals surface area contributed by atoms with E-state index in [1.807, 2.05) is 67.9 Å². The molecule has 9 heteroatoms. The van der Waals surface area contributed by atoms with E-state index in [0.717, 1.165) is 52.1 Å². The zero-order chi connectivity index (χ0) is 25.9. The number of anilines is 1. The second-order valence-corrected chi connectivity index (χ2v) is 9.84. The van der Waals surface area contributed by atoms with E-state index in [2.05, 4.69) is 15.2 Å². The molecule has 0 spiro atoms. The van der Waals surface area contributed by atoms with E-state index in [1.165, 1.54) is 11.3 Å². The smallest absolute Gasteiger partial charge is 0.340 e. The number of amides is 1. The highest BCUT2D eigenvalue weighted by Gasteiger charge is 2.29. The van der Waals surface area contributed by atoms with E-state index in [-0.39, 0.29) is 0 Å². The first-order chi connectivity index (χ1) is 18.0. The van der Waals surface area contributed by atoms with Crippen LogP contribution in [0.5, 0.6) is 5.75 Å². The van der Waals surface area contributed by atoms with Crippen molar-refractivity contribution in [3.8, 4) is 17.0 Å². The number of thiazole rings is 1. The third-order valence-electron chi connectivity index (χ3n) is 6.45. The first-order valence-corrected chi connectivity index (χ1v) is 13.1. The molecule has 0 saturated heterocycles. The number of hydrogen-bond acceptors (Lipinski definition) is 8. The molecule has 1 unspecified atom stereocenters. The third-order valence-corrected chi connectivity index (χ3v) is 7.21. The number of nitrogens with one attached hydrogen (secondary N) is 1. The van der Waals surface area contributed by atoms with Crippen LogP contribution in [0.1, 0.15) is 35.0 Å². The lowest BCUT2D eigenvalue weighted by Gasteiger charge is -2.27. The van der Waals surface area contributed by atoms with Gasteiger partial charge in [0, 0.05) is 47.1 Å². The standard InChI is InChI=1S/C28H28N4O4S/c1-4-24(26(33)31-28-30-23(16-37-28)17-8-7-9-18(14-17)35-3)36-27(34)25-19-10-5-6-11-21(19)29-22-12-13-32(2)15-20(22)25/h5-11,14,16,24H,4,12-13,15H2,1-3H3,(H,30,31,33). The Balaban J connectivity index is 1.36. The van der Waals surface area contributed by atoms with Crippen LogP contribution in [0.4, 0.5) is 5.13 Å². The minimum atomic E-state index is -0.958. The molecular formula is C28H28N4O4S. The first kappa shape index (κ1) is 24.9. The van der Waals surface area contributed by atoms with Crippen LogP contribution < -0.4 is 10.1 Å². The zero-order valence-corrected chi connectivity index (χ0v) is 21.8. The molecule has 4 aromatic rings. The molecule has 2 aromatic carbocycles. The summed E-state index contributed by atoms with van der Waals surface area (Å²) in [5, 5.41) is 5.85. The molecule has 1 N–H and O–H groups in total. The molecule has 0 fully saturated rings. The number of likely N-dealkylation sites (N-methyl/N-ethyl adjacent to an activating group) is 1. The number of aromatic nitrogens is 2. The number of para-hydroxylation sites is 1. The maximum absolute atomic E-state index is 13.5. The molecule has 1 atom stereocenters. The fourth-order valence-electron chi connectivity index (χ4n) is 4.50. The highest BCUT2D eigenvalue weighted by molar-refractivity contribution is 7.14. The largest absolute Gasteiger partial charge is 0.497 e. The number of pyridine rings is 1. The van der Waals surface area contributed by atoms with Crippen molar-refractivity contribution in [2.75, 3.05) is 26.0 Å². The second-order valence-electron chi connectivity index (χ2n) is 8.98. The summed E-state index contributed by atoms with van der Waals surface area (Å²) >= 11 is 1.31. The van der Waals surface area contributed by atoms with E-state index in [9.17, 15) is 9.59 Å². The Bertz CT molecular complexity index is 1470. The lowest BCUT2D eigenvalue weighted by atomic mass is 9.96. The molecule has 37 heavy (non-hydrogen) atoms. The van der Waals surface area contributed by atoms with Crippen LogP contribution in [-0.4, -0.2) is 53.6 Å². The summed E-state index contributed by atoms with van der Waals surface area (Å²) in [5.74, 6) is -0.193. The number of ether oxygens (including phenoxy) is 2. The van der Waals surface area contributed by atoms with Crippen molar-refractivity contribution in [1.82, 2.24) is 14.9 Å². The maximum atomic E-state index is 13.5. The number of fused-ring (bicyclic) bond motifs is 2. The van der Waals surface area contributed by atoms with E-state index in [4.69, 9.17) is 14.5 Å². The summed E-state index contributed by atoms with van der Waals surface area (Å²) in [6, 6.07) is 15.1. The van der Waals surface area contributed by atoms with Gasteiger partial charge in [-0.3, -0.25) is 15.1 Å². The Morgan fingerprint density at radius 3 is 2.81 bits per heavy atom. The summed E-state index contributed by atoms with van der Waals surface area (Å²) < 4.78 is 11.1. The van der Waals surface area contributed by atoms with Gasteiger partial charge in [-0.2, -0.15) is 0 Å². The molecule has 1 aliphatic heterocycles. The number of benzene rings is 2. The van der Waals surface area contributed by atoms with Crippen molar-refractivity contribution in [1.29, 1.82) is 0 Å². The van der Waals surface area contributed by atoms with Crippen molar-refractivity contribution >= 4 is 39.2 Å². The second kappa shape index (κ2) is 10.7. The predicted molar refractivity (Wildman–Crippen MR) is 144 cm³/mol. The van der Waals surface area contributed by atoms with Crippen molar-refractivity contribution < 1.29 is 19.1 Å². The van der Waals surface area contributed by atoms with Gasteiger partial charge in [-0.05, 0) is 31.7 Å². The molecule has 0 saturated carbocycles. The molecular weight excluding hydrogens is 488 g/mol. The van der Waals surface area contributed by atoms with Crippen LogP contribution in [0.25, 0.3) is 22.2 Å². The summed E-state index contributed by atoms with van der Waals surface area (Å²) in [6.07, 6.45) is 0.131. The highest BCUT2D eigenvalue weighted by Crippen LogP contribution is 2.30. The third kappa shape index (κ3) is 5.19. The van der Waals surface area contributed by atoms with Gasteiger partial charge in [-0.1, -0.05) is 37.3 Å². The van der Waals surface area contributed by atoms with Gasteiger partial charge < -0.3 is 14.4 Å². The molecule has 0 aliphatic carbocycles. The molecule has 5 rings (SSSR count). The van der Waals surface area contributed by atoms with E-state index >= 15 is 0 Å². The molecule has 3 heterocycles. The summed E-state index contributed by atoms with van der Waals surface area (Å²) in [4.78, 5) is 38.1. The van der Waals surface area contributed by atoms with Gasteiger partial charge in [-0.15, -0.1) is 11.3 Å². The number of nitrogens with zero attached hydrogens (tertiary/aromatic N) is 3. The van der Waals surface area contributed by atoms with Crippen molar-refractivity contribution in [3.63, 3.8) is 0 Å². The Labute approximate surface area is 219 Å². The van der Waals surface area contributed by atoms with Crippen molar-refractivity contribution in [2.24, 2.45) is 0 Å². The number of carbonyl (C=O) groups is 2. The van der Waals surface area contributed by atoms with E-state index in [1.54, 1.807) is 7.11 Å². The Hall–Kier alpha value is -3.82. The lowest BCUT2D eigenvalue weighted by molar-refractivity contribution is -0.124. The van der Waals surface area contributed by atoms with Gasteiger partial charge in [0.25, 0.3) is 5.91 Å². The van der Waals surface area contributed by atoms with E-state index in [0.29, 0.717) is 23.7 Å². The van der Waals surface area contributed by atoms with Crippen LogP contribution in [0, 0.1) is 0 Å². The summed E-state index contributed by atoms with van der Waals surface area (Å²) in [5.41, 5.74) is 4.64. The van der Waals surface area contributed by atoms with Crippen molar-refractivity contribution in [3.05, 3.63) is 70.7 Å². The number of carbonyl (C=O) groups excluding carboxylic acids is 2. The number of methoxy groups -OCH3 is 1. The van der Waals surface area contributed by atoms with Gasteiger partial charge in [0.15, 0.2) is 11.2 Å². The molecule has 190 valence electrons. The van der Waals surface area contributed by atoms with Gasteiger partial charge in [0.2, 0.25) is 0 Å².